The van der Waals surface area contributed by atoms with E-state index in [0.717, 1.165) is 4.57 Å². The van der Waals surface area contributed by atoms with Crippen molar-refractivity contribution in [3.63, 3.8) is 0 Å². The van der Waals surface area contributed by atoms with E-state index in [1.54, 1.807) is 0 Å². The fraction of sp³-hybridized carbons (Fsp3) is 0.632. The van der Waals surface area contributed by atoms with Gasteiger partial charge in [0.15, 0.2) is 11.2 Å². The minimum atomic E-state index is -1.49. The van der Waals surface area contributed by atoms with Crippen LogP contribution < -0.4 is 16.6 Å². The molecule has 0 aromatic carbocycles. The van der Waals surface area contributed by atoms with Gasteiger partial charge in [-0.05, 0) is 13.3 Å². The molecular weight excluding hydrogens is 408 g/mol. The number of likely N-dealkylation sites (tertiary alicyclic amines) is 1. The molecule has 3 N–H and O–H groups in total. The van der Waals surface area contributed by atoms with Crippen molar-refractivity contribution in [1.29, 1.82) is 0 Å². The Morgan fingerprint density at radius 1 is 1.23 bits per heavy atom. The van der Waals surface area contributed by atoms with E-state index in [-0.39, 0.29) is 48.9 Å². The second-order valence-electron chi connectivity index (χ2n) is 8.66. The van der Waals surface area contributed by atoms with Crippen molar-refractivity contribution in [3.8, 4) is 0 Å². The molecule has 4 heterocycles. The molecule has 2 aliphatic heterocycles. The van der Waals surface area contributed by atoms with Gasteiger partial charge >= 0.3 is 5.69 Å². The average Bonchev–Trinajstić information content (AvgIpc) is 3.30. The number of aliphatic hydroxyl groups excluding tert-OH is 1. The molecular formula is C19H26N6O6. The molecule has 2 aliphatic rings. The monoisotopic (exact) mass is 434 g/mol. The van der Waals surface area contributed by atoms with Crippen LogP contribution >= 0.6 is 0 Å². The number of β-amino-alcohol motifs (C(OH)–C–C–N with tert-alkyl or cyclic N) is 1. The lowest BCUT2D eigenvalue weighted by Gasteiger charge is -2.34. The third-order valence-corrected chi connectivity index (χ3v) is 6.31. The first-order chi connectivity index (χ1) is 14.5. The molecule has 4 rings (SSSR count). The lowest BCUT2D eigenvalue weighted by Crippen LogP contribution is -2.49. The second-order valence-corrected chi connectivity index (χ2v) is 8.66. The van der Waals surface area contributed by atoms with E-state index in [4.69, 9.17) is 0 Å². The van der Waals surface area contributed by atoms with Gasteiger partial charge in [0.25, 0.3) is 5.56 Å². The van der Waals surface area contributed by atoms with Crippen LogP contribution in [0.15, 0.2) is 15.9 Å². The van der Waals surface area contributed by atoms with Crippen molar-refractivity contribution in [2.75, 3.05) is 13.1 Å². The molecule has 0 spiro atoms. The highest BCUT2D eigenvalue weighted by atomic mass is 16.3. The molecule has 4 atom stereocenters. The number of nitrogens with zero attached hydrogens (tertiary/aromatic N) is 5. The van der Waals surface area contributed by atoms with E-state index in [9.17, 15) is 29.4 Å². The molecule has 12 heteroatoms. The first-order valence-corrected chi connectivity index (χ1v) is 10.1. The third-order valence-electron chi connectivity index (χ3n) is 6.31. The summed E-state index contributed by atoms with van der Waals surface area (Å²) in [4.78, 5) is 55.3. The van der Waals surface area contributed by atoms with E-state index in [0.29, 0.717) is 6.42 Å². The Balaban J connectivity index is 1.80. The fourth-order valence-electron chi connectivity index (χ4n) is 4.60. The maximum Gasteiger partial charge on any atom is 0.332 e. The summed E-state index contributed by atoms with van der Waals surface area (Å²) < 4.78 is 3.67. The number of fused-ring (bicyclic) bond motifs is 1. The molecule has 0 saturated carbocycles. The molecule has 0 unspecified atom stereocenters. The number of hydrogen-bond donors (Lipinski definition) is 3. The maximum atomic E-state index is 13.0. The number of rotatable bonds is 2. The summed E-state index contributed by atoms with van der Waals surface area (Å²) in [6.07, 6.45) is 0.946. The van der Waals surface area contributed by atoms with Crippen molar-refractivity contribution in [1.82, 2.24) is 28.9 Å². The zero-order chi connectivity index (χ0) is 22.7. The Kier molecular flexibility index (Phi) is 5.01. The van der Waals surface area contributed by atoms with Gasteiger partial charge in [-0.3, -0.25) is 23.5 Å². The molecule has 31 heavy (non-hydrogen) atoms. The highest BCUT2D eigenvalue weighted by Gasteiger charge is 2.43. The van der Waals surface area contributed by atoms with Crippen LogP contribution in [0.1, 0.15) is 32.2 Å². The van der Waals surface area contributed by atoms with Crippen molar-refractivity contribution in [3.05, 3.63) is 27.2 Å². The van der Waals surface area contributed by atoms with Crippen LogP contribution in [0.2, 0.25) is 0 Å². The Morgan fingerprint density at radius 3 is 2.58 bits per heavy atom. The number of hydrogen-bond acceptors (Lipinski definition) is 7. The van der Waals surface area contributed by atoms with E-state index in [1.165, 1.54) is 41.4 Å². The van der Waals surface area contributed by atoms with Gasteiger partial charge in [-0.15, -0.1) is 0 Å². The predicted octanol–water partition coefficient (Wildman–Crippen LogP) is -2.40. The minimum absolute atomic E-state index is 0.00722. The van der Waals surface area contributed by atoms with Gasteiger partial charge in [-0.2, -0.15) is 0 Å². The first-order valence-electron chi connectivity index (χ1n) is 10.1. The van der Waals surface area contributed by atoms with Crippen LogP contribution in [-0.2, 0) is 23.7 Å². The van der Waals surface area contributed by atoms with Crippen LogP contribution in [0.3, 0.4) is 0 Å². The topological polar surface area (TPSA) is 152 Å². The molecule has 2 amide bonds. The van der Waals surface area contributed by atoms with Crippen LogP contribution in [0.25, 0.3) is 11.2 Å². The molecule has 2 fully saturated rings. The number of imidazole rings is 1. The van der Waals surface area contributed by atoms with E-state index >= 15 is 0 Å². The lowest BCUT2D eigenvalue weighted by molar-refractivity contribution is -0.135. The summed E-state index contributed by atoms with van der Waals surface area (Å²) in [7, 11) is 2.85. The second kappa shape index (κ2) is 7.31. The smallest absolute Gasteiger partial charge is 0.332 e. The highest BCUT2D eigenvalue weighted by Crippen LogP contribution is 2.33. The van der Waals surface area contributed by atoms with Crippen molar-refractivity contribution >= 4 is 23.0 Å². The minimum Gasteiger partial charge on any atom is -0.391 e. The van der Waals surface area contributed by atoms with Crippen LogP contribution in [0.5, 0.6) is 0 Å². The lowest BCUT2D eigenvalue weighted by atomic mass is 9.91. The average molecular weight is 434 g/mol. The van der Waals surface area contributed by atoms with E-state index in [2.05, 4.69) is 10.3 Å². The van der Waals surface area contributed by atoms with Gasteiger partial charge in [0.05, 0.1) is 24.1 Å². The summed E-state index contributed by atoms with van der Waals surface area (Å²) in [5.74, 6) is -0.556. The van der Waals surface area contributed by atoms with Crippen LogP contribution in [-0.4, -0.2) is 76.4 Å². The molecule has 0 radical (unpaired) electrons. The van der Waals surface area contributed by atoms with Gasteiger partial charge in [-0.25, -0.2) is 9.78 Å². The number of aryl methyl sites for hydroxylation is 1. The summed E-state index contributed by atoms with van der Waals surface area (Å²) in [5.41, 5.74) is -2.31. The summed E-state index contributed by atoms with van der Waals surface area (Å²) >= 11 is 0. The zero-order valence-electron chi connectivity index (χ0n) is 17.6. The SMILES string of the molecule is Cn1c(=O)c2c(ncn2[C@H]2CN(C(=O)[C@@H]3CCC(=O)N3)C[C@H](O)C[C@]2(C)O)n(C)c1=O. The summed E-state index contributed by atoms with van der Waals surface area (Å²) in [6, 6.07) is -1.50. The molecule has 2 saturated heterocycles. The fourth-order valence-corrected chi connectivity index (χ4v) is 4.60. The molecule has 0 aliphatic carbocycles. The number of aliphatic hydroxyl groups is 2. The largest absolute Gasteiger partial charge is 0.391 e. The number of carbonyl (C=O) groups is 2. The summed E-state index contributed by atoms with van der Waals surface area (Å²) in [5, 5.41) is 24.3. The molecule has 168 valence electrons. The molecule has 12 nitrogen and oxygen atoms in total. The van der Waals surface area contributed by atoms with Gasteiger partial charge < -0.3 is 25.0 Å². The Morgan fingerprint density at radius 2 is 1.94 bits per heavy atom. The highest BCUT2D eigenvalue weighted by molar-refractivity contribution is 5.90. The number of amides is 2. The quantitative estimate of drug-likeness (QED) is 0.476. The first kappa shape index (κ1) is 21.2. The van der Waals surface area contributed by atoms with Gasteiger partial charge in [-0.1, -0.05) is 0 Å². The third kappa shape index (κ3) is 3.45. The number of nitrogens with one attached hydrogen (secondary N) is 1. The van der Waals surface area contributed by atoms with Crippen molar-refractivity contribution in [2.24, 2.45) is 14.1 Å². The van der Waals surface area contributed by atoms with E-state index < -0.39 is 35.0 Å². The number of aromatic nitrogens is 4. The Labute approximate surface area is 176 Å². The van der Waals surface area contributed by atoms with Crippen molar-refractivity contribution in [2.45, 2.75) is 50.0 Å². The van der Waals surface area contributed by atoms with Gasteiger partial charge in [0.1, 0.15) is 6.04 Å². The molecule has 0 bridgehead atoms. The zero-order valence-corrected chi connectivity index (χ0v) is 17.6. The van der Waals surface area contributed by atoms with Crippen LogP contribution in [0.4, 0.5) is 0 Å². The number of carbonyl (C=O) groups excluding carboxylic acids is 2. The summed E-state index contributed by atoms with van der Waals surface area (Å²) in [6.45, 7) is 1.51. The maximum absolute atomic E-state index is 13.0. The van der Waals surface area contributed by atoms with Crippen molar-refractivity contribution < 1.29 is 19.8 Å². The van der Waals surface area contributed by atoms with Gasteiger partial charge in [0, 0.05) is 40.0 Å². The molecule has 2 aromatic heterocycles. The van der Waals surface area contributed by atoms with Crippen LogP contribution in [0, 0.1) is 0 Å². The van der Waals surface area contributed by atoms with Gasteiger partial charge in [0.2, 0.25) is 11.8 Å². The Bertz CT molecular complexity index is 1180. The van der Waals surface area contributed by atoms with E-state index in [1.807, 2.05) is 0 Å². The standard InChI is InChI=1S/C19H26N6O6/c1-19(31)6-10(26)7-24(16(28)11-4-5-13(27)21-11)8-12(19)25-9-20-15-14(25)17(29)23(3)18(30)22(15)2/h9-12,26,31H,4-8H2,1-3H3,(H,21,27)/t10-,11+,12+,19+/m1/s1. The molecule has 2 aromatic rings. The predicted molar refractivity (Wildman–Crippen MR) is 108 cm³/mol. The normalized spacial score (nSPS) is 29.3. The Hall–Kier alpha value is -2.99.